The molecule has 0 radical (unpaired) electrons. The summed E-state index contributed by atoms with van der Waals surface area (Å²) in [6, 6.07) is 6.22. The quantitative estimate of drug-likeness (QED) is 0.905. The molecule has 1 fully saturated rings. The Hall–Kier alpha value is -0.900. The topological polar surface area (TPSA) is 32.7 Å². The Morgan fingerprint density at radius 1 is 1.42 bits per heavy atom. The standard InChI is InChI=1S/C16H25NO2/c1-4-7-17-8-9-19-15(11-17)16(18)14-10-12(2)5-6-13(14)3/h5-6,10,15-16,18H,4,7-9,11H2,1-3H3. The average molecular weight is 263 g/mol. The van der Waals surface area contributed by atoms with Gasteiger partial charge >= 0.3 is 0 Å². The van der Waals surface area contributed by atoms with E-state index >= 15 is 0 Å². The second-order valence-electron chi connectivity index (χ2n) is 5.51. The van der Waals surface area contributed by atoms with E-state index in [2.05, 4.69) is 36.9 Å². The van der Waals surface area contributed by atoms with Crippen LogP contribution < -0.4 is 0 Å². The van der Waals surface area contributed by atoms with Gasteiger partial charge in [-0.05, 0) is 37.9 Å². The molecule has 0 bridgehead atoms. The molecule has 1 aliphatic heterocycles. The molecule has 0 saturated carbocycles. The number of nitrogens with zero attached hydrogens (tertiary/aromatic N) is 1. The predicted molar refractivity (Wildman–Crippen MR) is 77.3 cm³/mol. The van der Waals surface area contributed by atoms with E-state index in [1.54, 1.807) is 0 Å². The molecule has 106 valence electrons. The van der Waals surface area contributed by atoms with Crippen LogP contribution in [0.1, 0.15) is 36.1 Å². The summed E-state index contributed by atoms with van der Waals surface area (Å²) >= 11 is 0. The third kappa shape index (κ3) is 3.56. The first-order valence-electron chi connectivity index (χ1n) is 7.21. The molecule has 2 rings (SSSR count). The number of hydrogen-bond acceptors (Lipinski definition) is 3. The van der Waals surface area contributed by atoms with Gasteiger partial charge in [-0.2, -0.15) is 0 Å². The zero-order valence-corrected chi connectivity index (χ0v) is 12.2. The number of aliphatic hydroxyl groups excluding tert-OH is 1. The maximum absolute atomic E-state index is 10.6. The van der Waals surface area contributed by atoms with Crippen LogP contribution in [-0.2, 0) is 4.74 Å². The number of ether oxygens (including phenoxy) is 1. The molecular formula is C16H25NO2. The average Bonchev–Trinajstić information content (AvgIpc) is 2.41. The van der Waals surface area contributed by atoms with Crippen LogP contribution >= 0.6 is 0 Å². The van der Waals surface area contributed by atoms with Crippen molar-refractivity contribution in [2.24, 2.45) is 0 Å². The number of aliphatic hydroxyl groups is 1. The minimum atomic E-state index is -0.528. The van der Waals surface area contributed by atoms with E-state index in [1.807, 2.05) is 6.92 Å². The van der Waals surface area contributed by atoms with Crippen LogP contribution in [-0.4, -0.2) is 42.4 Å². The Kier molecular flexibility index (Phi) is 4.97. The van der Waals surface area contributed by atoms with Crippen molar-refractivity contribution in [2.75, 3.05) is 26.2 Å². The van der Waals surface area contributed by atoms with Crippen LogP contribution in [0, 0.1) is 13.8 Å². The zero-order valence-electron chi connectivity index (χ0n) is 12.2. The molecule has 0 aromatic heterocycles. The predicted octanol–water partition coefficient (Wildman–Crippen LogP) is 2.45. The molecular weight excluding hydrogens is 238 g/mol. The lowest BCUT2D eigenvalue weighted by molar-refractivity contribution is -0.0900. The second-order valence-corrected chi connectivity index (χ2v) is 5.51. The van der Waals surface area contributed by atoms with Crippen molar-refractivity contribution in [3.63, 3.8) is 0 Å². The van der Waals surface area contributed by atoms with E-state index in [1.165, 1.54) is 5.56 Å². The SMILES string of the molecule is CCCN1CCOC(C(O)c2cc(C)ccc2C)C1. The summed E-state index contributed by atoms with van der Waals surface area (Å²) in [6.07, 6.45) is 0.507. The molecule has 1 heterocycles. The van der Waals surface area contributed by atoms with E-state index in [4.69, 9.17) is 4.74 Å². The fourth-order valence-corrected chi connectivity index (χ4v) is 2.72. The normalized spacial score (nSPS) is 22.4. The molecule has 1 saturated heterocycles. The van der Waals surface area contributed by atoms with Crippen molar-refractivity contribution in [1.82, 2.24) is 4.90 Å². The van der Waals surface area contributed by atoms with Gasteiger partial charge in [-0.15, -0.1) is 0 Å². The summed E-state index contributed by atoms with van der Waals surface area (Å²) in [5.41, 5.74) is 3.32. The molecule has 2 unspecified atom stereocenters. The Morgan fingerprint density at radius 2 is 2.21 bits per heavy atom. The van der Waals surface area contributed by atoms with Crippen LogP contribution in [0.3, 0.4) is 0 Å². The fourth-order valence-electron chi connectivity index (χ4n) is 2.72. The lowest BCUT2D eigenvalue weighted by Gasteiger charge is -2.35. The van der Waals surface area contributed by atoms with Crippen LogP contribution in [0.4, 0.5) is 0 Å². The molecule has 0 amide bonds. The van der Waals surface area contributed by atoms with Gasteiger partial charge in [0.15, 0.2) is 0 Å². The molecule has 2 atom stereocenters. The van der Waals surface area contributed by atoms with Gasteiger partial charge in [-0.25, -0.2) is 0 Å². The van der Waals surface area contributed by atoms with Gasteiger partial charge in [0, 0.05) is 13.1 Å². The van der Waals surface area contributed by atoms with Gasteiger partial charge in [-0.3, -0.25) is 4.90 Å². The molecule has 1 N–H and O–H groups in total. The maximum Gasteiger partial charge on any atom is 0.107 e. The van der Waals surface area contributed by atoms with Crippen molar-refractivity contribution in [3.05, 3.63) is 34.9 Å². The van der Waals surface area contributed by atoms with Crippen molar-refractivity contribution in [3.8, 4) is 0 Å². The Balaban J connectivity index is 2.10. The van der Waals surface area contributed by atoms with Gasteiger partial charge < -0.3 is 9.84 Å². The summed E-state index contributed by atoms with van der Waals surface area (Å²) in [5, 5.41) is 10.6. The third-order valence-corrected chi connectivity index (χ3v) is 3.82. The Bertz CT molecular complexity index is 417. The number of hydrogen-bond donors (Lipinski definition) is 1. The first-order chi connectivity index (χ1) is 9.11. The van der Waals surface area contributed by atoms with E-state index < -0.39 is 6.10 Å². The summed E-state index contributed by atoms with van der Waals surface area (Å²) in [4.78, 5) is 2.38. The highest BCUT2D eigenvalue weighted by atomic mass is 16.5. The number of morpholine rings is 1. The maximum atomic E-state index is 10.6. The van der Waals surface area contributed by atoms with E-state index in [-0.39, 0.29) is 6.10 Å². The van der Waals surface area contributed by atoms with E-state index in [9.17, 15) is 5.11 Å². The van der Waals surface area contributed by atoms with Gasteiger partial charge in [-0.1, -0.05) is 30.7 Å². The van der Waals surface area contributed by atoms with E-state index in [0.29, 0.717) is 6.61 Å². The number of benzene rings is 1. The third-order valence-electron chi connectivity index (χ3n) is 3.82. The molecule has 0 spiro atoms. The van der Waals surface area contributed by atoms with Crippen LogP contribution in [0.2, 0.25) is 0 Å². The lowest BCUT2D eigenvalue weighted by Crippen LogP contribution is -2.45. The molecule has 1 aromatic rings. The molecule has 1 aliphatic rings. The molecule has 0 aliphatic carbocycles. The Labute approximate surface area is 116 Å². The highest BCUT2D eigenvalue weighted by Crippen LogP contribution is 2.26. The second kappa shape index (κ2) is 6.51. The minimum Gasteiger partial charge on any atom is -0.386 e. The van der Waals surface area contributed by atoms with Crippen LogP contribution in [0.25, 0.3) is 0 Å². The largest absolute Gasteiger partial charge is 0.386 e. The van der Waals surface area contributed by atoms with Crippen LogP contribution in [0.15, 0.2) is 18.2 Å². The molecule has 3 heteroatoms. The zero-order chi connectivity index (χ0) is 13.8. The van der Waals surface area contributed by atoms with Crippen molar-refractivity contribution in [2.45, 2.75) is 39.4 Å². The first-order valence-corrected chi connectivity index (χ1v) is 7.21. The van der Waals surface area contributed by atoms with Crippen molar-refractivity contribution >= 4 is 0 Å². The number of aryl methyl sites for hydroxylation is 2. The molecule has 3 nitrogen and oxygen atoms in total. The van der Waals surface area contributed by atoms with Crippen molar-refractivity contribution < 1.29 is 9.84 Å². The Morgan fingerprint density at radius 3 is 2.95 bits per heavy atom. The smallest absolute Gasteiger partial charge is 0.107 e. The first kappa shape index (κ1) is 14.5. The van der Waals surface area contributed by atoms with Crippen molar-refractivity contribution in [1.29, 1.82) is 0 Å². The highest BCUT2D eigenvalue weighted by molar-refractivity contribution is 5.32. The van der Waals surface area contributed by atoms with Gasteiger partial charge in [0.25, 0.3) is 0 Å². The van der Waals surface area contributed by atoms with E-state index in [0.717, 1.165) is 37.2 Å². The summed E-state index contributed by atoms with van der Waals surface area (Å²) in [5.74, 6) is 0. The molecule has 1 aromatic carbocycles. The van der Waals surface area contributed by atoms with Gasteiger partial charge in [0.05, 0.1) is 6.61 Å². The lowest BCUT2D eigenvalue weighted by atomic mass is 9.96. The highest BCUT2D eigenvalue weighted by Gasteiger charge is 2.28. The number of rotatable bonds is 4. The summed E-state index contributed by atoms with van der Waals surface area (Å²) in [7, 11) is 0. The van der Waals surface area contributed by atoms with Gasteiger partial charge in [0.2, 0.25) is 0 Å². The van der Waals surface area contributed by atoms with Gasteiger partial charge in [0.1, 0.15) is 12.2 Å². The fraction of sp³-hybridized carbons (Fsp3) is 0.625. The summed E-state index contributed by atoms with van der Waals surface area (Å²) < 4.78 is 5.77. The van der Waals surface area contributed by atoms with Crippen LogP contribution in [0.5, 0.6) is 0 Å². The molecule has 19 heavy (non-hydrogen) atoms. The monoisotopic (exact) mass is 263 g/mol. The summed E-state index contributed by atoms with van der Waals surface area (Å²) in [6.45, 7) is 9.88. The minimum absolute atomic E-state index is 0.110.